The predicted octanol–water partition coefficient (Wildman–Crippen LogP) is 0.285. The SMILES string of the molecule is CN(C)CC(N)C1CC1. The van der Waals surface area contributed by atoms with E-state index in [-0.39, 0.29) is 0 Å². The van der Waals surface area contributed by atoms with E-state index in [2.05, 4.69) is 19.0 Å². The van der Waals surface area contributed by atoms with Crippen LogP contribution in [0, 0.1) is 5.92 Å². The van der Waals surface area contributed by atoms with E-state index in [0.29, 0.717) is 6.04 Å². The van der Waals surface area contributed by atoms with E-state index in [9.17, 15) is 0 Å². The fraction of sp³-hybridized carbons (Fsp3) is 1.00. The van der Waals surface area contributed by atoms with Gasteiger partial charge in [-0.3, -0.25) is 0 Å². The third kappa shape index (κ3) is 2.33. The molecule has 0 amide bonds. The molecular formula is C7H16N2. The summed E-state index contributed by atoms with van der Waals surface area (Å²) in [6, 6.07) is 0.431. The molecule has 0 aromatic carbocycles. The van der Waals surface area contributed by atoms with Gasteiger partial charge in [-0.2, -0.15) is 0 Å². The highest BCUT2D eigenvalue weighted by Crippen LogP contribution is 2.31. The van der Waals surface area contributed by atoms with Gasteiger partial charge in [-0.1, -0.05) is 0 Å². The van der Waals surface area contributed by atoms with Crippen LogP contribution < -0.4 is 5.73 Å². The number of likely N-dealkylation sites (N-methyl/N-ethyl adjacent to an activating group) is 1. The Morgan fingerprint density at radius 2 is 2.11 bits per heavy atom. The maximum absolute atomic E-state index is 5.84. The highest BCUT2D eigenvalue weighted by atomic mass is 15.1. The molecule has 1 fully saturated rings. The van der Waals surface area contributed by atoms with Crippen LogP contribution in [0.2, 0.25) is 0 Å². The standard InChI is InChI=1S/C7H16N2/c1-9(2)5-7(8)6-3-4-6/h6-7H,3-5,8H2,1-2H3. The van der Waals surface area contributed by atoms with Crippen molar-refractivity contribution in [1.29, 1.82) is 0 Å². The zero-order chi connectivity index (χ0) is 6.85. The Kier molecular flexibility index (Phi) is 2.09. The number of hydrogen-bond donors (Lipinski definition) is 1. The third-order valence-corrected chi connectivity index (χ3v) is 1.80. The Labute approximate surface area is 57.0 Å². The summed E-state index contributed by atoms with van der Waals surface area (Å²) in [6.07, 6.45) is 2.71. The first-order chi connectivity index (χ1) is 4.20. The normalized spacial score (nSPS) is 22.7. The molecule has 2 heteroatoms. The molecule has 1 aliphatic rings. The largest absolute Gasteiger partial charge is 0.326 e. The minimum absolute atomic E-state index is 0.431. The minimum Gasteiger partial charge on any atom is -0.326 e. The van der Waals surface area contributed by atoms with E-state index in [1.807, 2.05) is 0 Å². The summed E-state index contributed by atoms with van der Waals surface area (Å²) in [4.78, 5) is 2.16. The van der Waals surface area contributed by atoms with Gasteiger partial charge in [0.15, 0.2) is 0 Å². The highest BCUT2D eigenvalue weighted by molar-refractivity contribution is 4.84. The number of nitrogens with two attached hydrogens (primary N) is 1. The molecule has 0 heterocycles. The lowest BCUT2D eigenvalue weighted by atomic mass is 10.2. The van der Waals surface area contributed by atoms with E-state index in [1.54, 1.807) is 0 Å². The molecular weight excluding hydrogens is 112 g/mol. The molecule has 1 saturated carbocycles. The molecule has 2 N–H and O–H groups in total. The van der Waals surface area contributed by atoms with Crippen molar-refractivity contribution < 1.29 is 0 Å². The van der Waals surface area contributed by atoms with Crippen LogP contribution in [0.5, 0.6) is 0 Å². The molecule has 1 unspecified atom stereocenters. The zero-order valence-electron chi connectivity index (χ0n) is 6.30. The zero-order valence-corrected chi connectivity index (χ0v) is 6.30. The van der Waals surface area contributed by atoms with Crippen LogP contribution in [0.1, 0.15) is 12.8 Å². The van der Waals surface area contributed by atoms with Gasteiger partial charge in [0.05, 0.1) is 0 Å². The summed E-state index contributed by atoms with van der Waals surface area (Å²) in [5, 5.41) is 0. The van der Waals surface area contributed by atoms with Crippen molar-refractivity contribution in [1.82, 2.24) is 4.90 Å². The van der Waals surface area contributed by atoms with Crippen LogP contribution in [0.4, 0.5) is 0 Å². The van der Waals surface area contributed by atoms with E-state index >= 15 is 0 Å². The molecule has 0 aliphatic heterocycles. The number of rotatable bonds is 3. The quantitative estimate of drug-likeness (QED) is 0.591. The first-order valence-corrected chi connectivity index (χ1v) is 3.60. The van der Waals surface area contributed by atoms with Gasteiger partial charge in [-0.15, -0.1) is 0 Å². The summed E-state index contributed by atoms with van der Waals surface area (Å²) in [6.45, 7) is 1.05. The lowest BCUT2D eigenvalue weighted by Crippen LogP contribution is -2.34. The molecule has 1 rings (SSSR count). The summed E-state index contributed by atoms with van der Waals surface area (Å²) >= 11 is 0. The van der Waals surface area contributed by atoms with Gasteiger partial charge in [-0.25, -0.2) is 0 Å². The monoisotopic (exact) mass is 128 g/mol. The minimum atomic E-state index is 0.431. The van der Waals surface area contributed by atoms with Crippen molar-refractivity contribution in [2.45, 2.75) is 18.9 Å². The van der Waals surface area contributed by atoms with Gasteiger partial charge in [0.2, 0.25) is 0 Å². The van der Waals surface area contributed by atoms with Gasteiger partial charge in [0.25, 0.3) is 0 Å². The average Bonchev–Trinajstić information content (AvgIpc) is 2.40. The van der Waals surface area contributed by atoms with Crippen molar-refractivity contribution in [3.05, 3.63) is 0 Å². The Morgan fingerprint density at radius 3 is 2.44 bits per heavy atom. The van der Waals surface area contributed by atoms with E-state index in [0.717, 1.165) is 12.5 Å². The predicted molar refractivity (Wildman–Crippen MR) is 39.3 cm³/mol. The van der Waals surface area contributed by atoms with Gasteiger partial charge >= 0.3 is 0 Å². The highest BCUT2D eigenvalue weighted by Gasteiger charge is 2.28. The summed E-state index contributed by atoms with van der Waals surface area (Å²) in [5.41, 5.74) is 5.84. The van der Waals surface area contributed by atoms with Crippen molar-refractivity contribution in [2.75, 3.05) is 20.6 Å². The Hall–Kier alpha value is -0.0800. The van der Waals surface area contributed by atoms with Crippen LogP contribution in [-0.2, 0) is 0 Å². The summed E-state index contributed by atoms with van der Waals surface area (Å²) in [7, 11) is 4.14. The van der Waals surface area contributed by atoms with Crippen molar-refractivity contribution in [3.63, 3.8) is 0 Å². The average molecular weight is 128 g/mol. The van der Waals surface area contributed by atoms with E-state index < -0.39 is 0 Å². The Morgan fingerprint density at radius 1 is 1.56 bits per heavy atom. The molecule has 9 heavy (non-hydrogen) atoms. The van der Waals surface area contributed by atoms with Crippen LogP contribution in [0.25, 0.3) is 0 Å². The molecule has 2 nitrogen and oxygen atoms in total. The van der Waals surface area contributed by atoms with Crippen LogP contribution in [0.15, 0.2) is 0 Å². The summed E-state index contributed by atoms with van der Waals surface area (Å²) in [5.74, 6) is 0.840. The second-order valence-corrected chi connectivity index (χ2v) is 3.26. The lowest BCUT2D eigenvalue weighted by molar-refractivity contribution is 0.355. The summed E-state index contributed by atoms with van der Waals surface area (Å²) < 4.78 is 0. The van der Waals surface area contributed by atoms with Crippen LogP contribution in [0.3, 0.4) is 0 Å². The Balaban J connectivity index is 2.10. The molecule has 54 valence electrons. The molecule has 0 bridgehead atoms. The van der Waals surface area contributed by atoms with Crippen molar-refractivity contribution in [2.24, 2.45) is 11.7 Å². The maximum atomic E-state index is 5.84. The van der Waals surface area contributed by atoms with Gasteiger partial charge < -0.3 is 10.6 Å². The molecule has 0 aromatic rings. The van der Waals surface area contributed by atoms with Crippen molar-refractivity contribution >= 4 is 0 Å². The van der Waals surface area contributed by atoms with Gasteiger partial charge in [0, 0.05) is 12.6 Å². The molecule has 1 aliphatic carbocycles. The third-order valence-electron chi connectivity index (χ3n) is 1.80. The topological polar surface area (TPSA) is 29.3 Å². The number of hydrogen-bond acceptors (Lipinski definition) is 2. The smallest absolute Gasteiger partial charge is 0.0196 e. The maximum Gasteiger partial charge on any atom is 0.0196 e. The van der Waals surface area contributed by atoms with Gasteiger partial charge in [0.1, 0.15) is 0 Å². The van der Waals surface area contributed by atoms with Crippen LogP contribution in [-0.4, -0.2) is 31.6 Å². The fourth-order valence-corrected chi connectivity index (χ4v) is 1.10. The number of nitrogens with zero attached hydrogens (tertiary/aromatic N) is 1. The first kappa shape index (κ1) is 7.03. The lowest BCUT2D eigenvalue weighted by Gasteiger charge is -2.15. The molecule has 0 radical (unpaired) electrons. The van der Waals surface area contributed by atoms with E-state index in [4.69, 9.17) is 5.73 Å². The fourth-order valence-electron chi connectivity index (χ4n) is 1.10. The van der Waals surface area contributed by atoms with Gasteiger partial charge in [-0.05, 0) is 32.9 Å². The molecule has 0 aromatic heterocycles. The molecule has 1 atom stereocenters. The van der Waals surface area contributed by atoms with Crippen molar-refractivity contribution in [3.8, 4) is 0 Å². The van der Waals surface area contributed by atoms with E-state index in [1.165, 1.54) is 12.8 Å². The molecule has 0 saturated heterocycles. The molecule has 0 spiro atoms. The second-order valence-electron chi connectivity index (χ2n) is 3.26. The van der Waals surface area contributed by atoms with Crippen LogP contribution >= 0.6 is 0 Å². The first-order valence-electron chi connectivity index (χ1n) is 3.60. The Bertz CT molecular complexity index is 86.9. The second kappa shape index (κ2) is 2.67.